The topological polar surface area (TPSA) is 76.1 Å². The summed E-state index contributed by atoms with van der Waals surface area (Å²) in [5.74, 6) is 0.350. The van der Waals surface area contributed by atoms with E-state index in [0.29, 0.717) is 17.1 Å². The number of halogens is 1. The molecule has 0 aliphatic rings. The van der Waals surface area contributed by atoms with Crippen LogP contribution in [0.3, 0.4) is 0 Å². The molecule has 1 heterocycles. The molecule has 3 aromatic rings. The lowest BCUT2D eigenvalue weighted by atomic mass is 10.2. The number of hydrogen-bond acceptors (Lipinski definition) is 5. The van der Waals surface area contributed by atoms with Crippen molar-refractivity contribution in [3.63, 3.8) is 0 Å². The van der Waals surface area contributed by atoms with E-state index in [1.54, 1.807) is 18.2 Å². The third-order valence-electron chi connectivity index (χ3n) is 3.81. The summed E-state index contributed by atoms with van der Waals surface area (Å²) in [4.78, 5) is 20.5. The van der Waals surface area contributed by atoms with Crippen molar-refractivity contribution in [2.45, 2.75) is 26.5 Å². The molecular formula is C21H21FN4O2. The Kier molecular flexibility index (Phi) is 6.16. The molecule has 0 aliphatic heterocycles. The van der Waals surface area contributed by atoms with Crippen LogP contribution in [0.25, 0.3) is 0 Å². The average molecular weight is 380 g/mol. The number of carbonyl (C=O) groups excluding carboxylic acids is 1. The predicted octanol–water partition coefficient (Wildman–Crippen LogP) is 4.08. The number of carbonyl (C=O) groups is 1. The highest BCUT2D eigenvalue weighted by Crippen LogP contribution is 2.27. The fourth-order valence-corrected chi connectivity index (χ4v) is 2.52. The molecule has 0 aliphatic carbocycles. The molecule has 28 heavy (non-hydrogen) atoms. The number of aromatic nitrogens is 2. The normalized spacial score (nSPS) is 10.6. The maximum Gasteiger partial charge on any atom is 0.270 e. The van der Waals surface area contributed by atoms with Gasteiger partial charge in [0.25, 0.3) is 5.91 Å². The van der Waals surface area contributed by atoms with E-state index >= 15 is 0 Å². The number of amides is 1. The Bertz CT molecular complexity index is 962. The number of rotatable bonds is 7. The van der Waals surface area contributed by atoms with Gasteiger partial charge in [0.15, 0.2) is 0 Å². The first-order valence-electron chi connectivity index (χ1n) is 8.89. The molecule has 144 valence electrons. The van der Waals surface area contributed by atoms with Gasteiger partial charge in [-0.05, 0) is 32.0 Å². The summed E-state index contributed by atoms with van der Waals surface area (Å²) in [6, 6.07) is 15.3. The van der Waals surface area contributed by atoms with Gasteiger partial charge in [0, 0.05) is 18.2 Å². The van der Waals surface area contributed by atoms with Crippen LogP contribution < -0.4 is 15.4 Å². The van der Waals surface area contributed by atoms with Gasteiger partial charge in [-0.25, -0.2) is 14.4 Å². The van der Waals surface area contributed by atoms with E-state index in [1.165, 1.54) is 18.5 Å². The zero-order valence-corrected chi connectivity index (χ0v) is 15.6. The molecule has 0 saturated carbocycles. The number of hydrogen-bond donors (Lipinski definition) is 2. The van der Waals surface area contributed by atoms with Crippen LogP contribution in [0.2, 0.25) is 0 Å². The second kappa shape index (κ2) is 8.94. The van der Waals surface area contributed by atoms with Crippen LogP contribution in [0.4, 0.5) is 15.9 Å². The lowest BCUT2D eigenvalue weighted by Gasteiger charge is -2.15. The molecule has 7 heteroatoms. The zero-order chi connectivity index (χ0) is 19.9. The fraction of sp³-hybridized carbons (Fsp3) is 0.190. The van der Waals surface area contributed by atoms with Gasteiger partial charge in [-0.1, -0.05) is 30.3 Å². The van der Waals surface area contributed by atoms with Crippen LogP contribution in [-0.4, -0.2) is 22.0 Å². The van der Waals surface area contributed by atoms with Crippen molar-refractivity contribution in [1.29, 1.82) is 0 Å². The first-order valence-corrected chi connectivity index (χ1v) is 8.89. The minimum atomic E-state index is -0.416. The summed E-state index contributed by atoms with van der Waals surface area (Å²) < 4.78 is 19.5. The summed E-state index contributed by atoms with van der Waals surface area (Å²) in [5.41, 5.74) is 1.31. The van der Waals surface area contributed by atoms with Gasteiger partial charge in [0.05, 0.1) is 11.8 Å². The molecule has 0 fully saturated rings. The quantitative estimate of drug-likeness (QED) is 0.646. The average Bonchev–Trinajstić information content (AvgIpc) is 2.68. The van der Waals surface area contributed by atoms with E-state index in [1.807, 2.05) is 38.1 Å². The highest BCUT2D eigenvalue weighted by atomic mass is 19.1. The van der Waals surface area contributed by atoms with Crippen LogP contribution in [-0.2, 0) is 6.54 Å². The molecule has 3 rings (SSSR count). The van der Waals surface area contributed by atoms with Gasteiger partial charge < -0.3 is 15.4 Å². The number of ether oxygens (including phenoxy) is 1. The van der Waals surface area contributed by atoms with Gasteiger partial charge in [-0.15, -0.1) is 0 Å². The second-order valence-electron chi connectivity index (χ2n) is 6.35. The van der Waals surface area contributed by atoms with E-state index < -0.39 is 5.91 Å². The lowest BCUT2D eigenvalue weighted by molar-refractivity contribution is 0.0945. The van der Waals surface area contributed by atoms with Crippen LogP contribution in [0.1, 0.15) is 29.9 Å². The molecule has 1 aromatic heterocycles. The molecule has 0 radical (unpaired) electrons. The Balaban J connectivity index is 1.70. The largest absolute Gasteiger partial charge is 0.489 e. The van der Waals surface area contributed by atoms with Crippen molar-refractivity contribution < 1.29 is 13.9 Å². The smallest absolute Gasteiger partial charge is 0.270 e. The van der Waals surface area contributed by atoms with E-state index in [0.717, 1.165) is 5.69 Å². The maximum absolute atomic E-state index is 13.7. The highest BCUT2D eigenvalue weighted by molar-refractivity contribution is 5.93. The van der Waals surface area contributed by atoms with Crippen molar-refractivity contribution in [3.05, 3.63) is 78.0 Å². The van der Waals surface area contributed by atoms with Gasteiger partial charge in [0.2, 0.25) is 0 Å². The van der Waals surface area contributed by atoms with Crippen molar-refractivity contribution in [2.24, 2.45) is 0 Å². The SMILES string of the molecule is CC(C)Oc1ccccc1Nc1cc(C(=O)NCc2ccccc2F)ncn1. The molecular weight excluding hydrogens is 359 g/mol. The van der Waals surface area contributed by atoms with Crippen LogP contribution in [0.5, 0.6) is 5.75 Å². The molecule has 0 saturated heterocycles. The minimum Gasteiger partial charge on any atom is -0.489 e. The Labute approximate surface area is 162 Å². The molecule has 0 bridgehead atoms. The van der Waals surface area contributed by atoms with E-state index in [9.17, 15) is 9.18 Å². The first kappa shape index (κ1) is 19.3. The summed E-state index contributed by atoms with van der Waals surface area (Å²) in [6.45, 7) is 3.96. The van der Waals surface area contributed by atoms with Gasteiger partial charge in [0.1, 0.15) is 29.4 Å². The molecule has 1 amide bonds. The summed E-state index contributed by atoms with van der Waals surface area (Å²) in [7, 11) is 0. The Morgan fingerprint density at radius 3 is 2.64 bits per heavy atom. The van der Waals surface area contributed by atoms with Crippen molar-refractivity contribution >= 4 is 17.4 Å². The molecule has 0 unspecified atom stereocenters. The van der Waals surface area contributed by atoms with Gasteiger partial charge in [-0.3, -0.25) is 4.79 Å². The lowest BCUT2D eigenvalue weighted by Crippen LogP contribution is -2.24. The van der Waals surface area contributed by atoms with Gasteiger partial charge in [-0.2, -0.15) is 0 Å². The molecule has 0 spiro atoms. The first-order chi connectivity index (χ1) is 13.5. The Hall–Kier alpha value is -3.48. The second-order valence-corrected chi connectivity index (χ2v) is 6.35. The van der Waals surface area contributed by atoms with Crippen LogP contribution in [0.15, 0.2) is 60.9 Å². The molecule has 6 nitrogen and oxygen atoms in total. The van der Waals surface area contributed by atoms with Gasteiger partial charge >= 0.3 is 0 Å². The number of para-hydroxylation sites is 2. The Morgan fingerprint density at radius 2 is 1.86 bits per heavy atom. The highest BCUT2D eigenvalue weighted by Gasteiger charge is 2.11. The Morgan fingerprint density at radius 1 is 1.11 bits per heavy atom. The maximum atomic E-state index is 13.7. The minimum absolute atomic E-state index is 0.0214. The molecule has 0 atom stereocenters. The van der Waals surface area contributed by atoms with E-state index in [4.69, 9.17) is 4.74 Å². The van der Waals surface area contributed by atoms with E-state index in [2.05, 4.69) is 20.6 Å². The number of benzene rings is 2. The number of nitrogens with one attached hydrogen (secondary N) is 2. The molecule has 2 N–H and O–H groups in total. The van der Waals surface area contributed by atoms with Crippen molar-refractivity contribution in [3.8, 4) is 5.75 Å². The van der Waals surface area contributed by atoms with Crippen LogP contribution in [0, 0.1) is 5.82 Å². The fourth-order valence-electron chi connectivity index (χ4n) is 2.52. The number of nitrogens with zero attached hydrogens (tertiary/aromatic N) is 2. The van der Waals surface area contributed by atoms with Crippen molar-refractivity contribution in [1.82, 2.24) is 15.3 Å². The number of anilines is 2. The zero-order valence-electron chi connectivity index (χ0n) is 15.6. The summed E-state index contributed by atoms with van der Waals surface area (Å²) in [5, 5.41) is 5.80. The molecule has 2 aromatic carbocycles. The summed E-state index contributed by atoms with van der Waals surface area (Å²) >= 11 is 0. The third kappa shape index (κ3) is 5.03. The van der Waals surface area contributed by atoms with E-state index in [-0.39, 0.29) is 24.2 Å². The van der Waals surface area contributed by atoms with Crippen molar-refractivity contribution in [2.75, 3.05) is 5.32 Å². The van der Waals surface area contributed by atoms with Crippen LogP contribution >= 0.6 is 0 Å². The predicted molar refractivity (Wildman–Crippen MR) is 105 cm³/mol. The standard InChI is InChI=1S/C21H21FN4O2/c1-14(2)28-19-10-6-5-9-17(19)26-20-11-18(24-13-25-20)21(27)23-12-15-7-3-4-8-16(15)22/h3-11,13-14H,12H2,1-2H3,(H,23,27)(H,24,25,26). The third-order valence-corrected chi connectivity index (χ3v) is 3.81. The summed E-state index contributed by atoms with van der Waals surface area (Å²) in [6.07, 6.45) is 1.32. The monoisotopic (exact) mass is 380 g/mol.